The van der Waals surface area contributed by atoms with Crippen molar-refractivity contribution in [2.45, 2.75) is 12.7 Å². The maximum atomic E-state index is 12.8. The van der Waals surface area contributed by atoms with Crippen molar-refractivity contribution in [3.05, 3.63) is 64.7 Å². The third-order valence-corrected chi connectivity index (χ3v) is 2.84. The van der Waals surface area contributed by atoms with E-state index in [2.05, 4.69) is 5.32 Å². The molecule has 0 bridgehead atoms. The van der Waals surface area contributed by atoms with Gasteiger partial charge in [0.25, 0.3) is 0 Å². The molecule has 0 unspecified atom stereocenters. The largest absolute Gasteiger partial charge is 0.418 e. The summed E-state index contributed by atoms with van der Waals surface area (Å²) in [5.41, 5.74) is 0.219. The van der Waals surface area contributed by atoms with Crippen LogP contribution in [0.4, 0.5) is 18.9 Å². The Labute approximate surface area is 114 Å². The van der Waals surface area contributed by atoms with Crippen molar-refractivity contribution in [2.24, 2.45) is 0 Å². The van der Waals surface area contributed by atoms with Crippen molar-refractivity contribution in [3.8, 4) is 0 Å². The van der Waals surface area contributed by atoms with E-state index in [0.717, 1.165) is 11.6 Å². The molecular formula is C14H11ClF3N. The van der Waals surface area contributed by atoms with E-state index >= 15 is 0 Å². The summed E-state index contributed by atoms with van der Waals surface area (Å²) in [5.74, 6) is 0. The third kappa shape index (κ3) is 3.64. The van der Waals surface area contributed by atoms with Crippen LogP contribution >= 0.6 is 11.6 Å². The Balaban J connectivity index is 2.16. The highest BCUT2D eigenvalue weighted by molar-refractivity contribution is 6.30. The lowest BCUT2D eigenvalue weighted by molar-refractivity contribution is -0.136. The van der Waals surface area contributed by atoms with Gasteiger partial charge in [-0.3, -0.25) is 0 Å². The molecule has 0 heterocycles. The number of alkyl halides is 3. The summed E-state index contributed by atoms with van der Waals surface area (Å²) >= 11 is 5.82. The van der Waals surface area contributed by atoms with Crippen LogP contribution in [0, 0.1) is 0 Å². The predicted molar refractivity (Wildman–Crippen MR) is 70.2 cm³/mol. The number of hydrogen-bond donors (Lipinski definition) is 1. The number of para-hydroxylation sites is 1. The van der Waals surface area contributed by atoms with E-state index in [1.807, 2.05) is 0 Å². The van der Waals surface area contributed by atoms with E-state index in [-0.39, 0.29) is 12.2 Å². The van der Waals surface area contributed by atoms with Crippen LogP contribution in [0.2, 0.25) is 5.02 Å². The molecule has 19 heavy (non-hydrogen) atoms. The Hall–Kier alpha value is -1.68. The maximum absolute atomic E-state index is 12.8. The lowest BCUT2D eigenvalue weighted by atomic mass is 10.1. The van der Waals surface area contributed by atoms with Crippen LogP contribution in [-0.4, -0.2) is 0 Å². The molecule has 0 amide bonds. The van der Waals surface area contributed by atoms with Crippen LogP contribution in [0.3, 0.4) is 0 Å². The molecule has 0 atom stereocenters. The topological polar surface area (TPSA) is 12.0 Å². The highest BCUT2D eigenvalue weighted by Gasteiger charge is 2.32. The fourth-order valence-electron chi connectivity index (χ4n) is 1.73. The first-order chi connectivity index (χ1) is 8.97. The number of hydrogen-bond acceptors (Lipinski definition) is 1. The standard InChI is InChI=1S/C14H11ClF3N/c15-11-5-3-4-10(8-11)9-19-13-7-2-1-6-12(13)14(16,17)18/h1-8,19H,9H2. The smallest absolute Gasteiger partial charge is 0.380 e. The minimum absolute atomic E-state index is 0.0648. The second-order valence-corrected chi connectivity index (χ2v) is 4.46. The van der Waals surface area contributed by atoms with E-state index in [1.165, 1.54) is 12.1 Å². The van der Waals surface area contributed by atoms with Crippen molar-refractivity contribution in [2.75, 3.05) is 5.32 Å². The van der Waals surface area contributed by atoms with Gasteiger partial charge >= 0.3 is 6.18 Å². The second-order valence-electron chi connectivity index (χ2n) is 4.03. The predicted octanol–water partition coefficient (Wildman–Crippen LogP) is 4.97. The molecule has 2 aromatic carbocycles. The number of halogens is 4. The van der Waals surface area contributed by atoms with Crippen molar-refractivity contribution in [3.63, 3.8) is 0 Å². The van der Waals surface area contributed by atoms with Crippen LogP contribution in [-0.2, 0) is 12.7 Å². The summed E-state index contributed by atoms with van der Waals surface area (Å²) in [6.07, 6.45) is -4.36. The fourth-order valence-corrected chi connectivity index (χ4v) is 1.94. The molecule has 2 rings (SSSR count). The van der Waals surface area contributed by atoms with Crippen LogP contribution < -0.4 is 5.32 Å². The summed E-state index contributed by atoms with van der Waals surface area (Å²) in [4.78, 5) is 0. The van der Waals surface area contributed by atoms with Gasteiger partial charge in [0.15, 0.2) is 0 Å². The van der Waals surface area contributed by atoms with Gasteiger partial charge in [-0.05, 0) is 29.8 Å². The zero-order valence-electron chi connectivity index (χ0n) is 9.84. The monoisotopic (exact) mass is 285 g/mol. The number of benzene rings is 2. The van der Waals surface area contributed by atoms with Crippen molar-refractivity contribution >= 4 is 17.3 Å². The molecule has 0 spiro atoms. The Bertz CT molecular complexity index is 567. The Kier molecular flexibility index (Phi) is 4.00. The summed E-state index contributed by atoms with van der Waals surface area (Å²) in [7, 11) is 0. The third-order valence-electron chi connectivity index (χ3n) is 2.60. The Morgan fingerprint density at radius 2 is 1.74 bits per heavy atom. The molecule has 0 aromatic heterocycles. The van der Waals surface area contributed by atoms with E-state index < -0.39 is 11.7 Å². The zero-order chi connectivity index (χ0) is 13.9. The molecule has 0 saturated heterocycles. The van der Waals surface area contributed by atoms with Gasteiger partial charge in [0.1, 0.15) is 0 Å². The van der Waals surface area contributed by atoms with Crippen molar-refractivity contribution in [1.82, 2.24) is 0 Å². The molecule has 0 fully saturated rings. The van der Waals surface area contributed by atoms with Gasteiger partial charge in [-0.2, -0.15) is 13.2 Å². The van der Waals surface area contributed by atoms with E-state index in [1.54, 1.807) is 30.3 Å². The lowest BCUT2D eigenvalue weighted by Gasteiger charge is -2.14. The Morgan fingerprint density at radius 3 is 2.42 bits per heavy atom. The van der Waals surface area contributed by atoms with Crippen molar-refractivity contribution < 1.29 is 13.2 Å². The van der Waals surface area contributed by atoms with Gasteiger partial charge in [-0.15, -0.1) is 0 Å². The van der Waals surface area contributed by atoms with Crippen LogP contribution in [0.15, 0.2) is 48.5 Å². The molecule has 0 saturated carbocycles. The van der Waals surface area contributed by atoms with Crippen molar-refractivity contribution in [1.29, 1.82) is 0 Å². The first kappa shape index (κ1) is 13.7. The molecule has 0 aliphatic heterocycles. The molecular weight excluding hydrogens is 275 g/mol. The Morgan fingerprint density at radius 1 is 1.00 bits per heavy atom. The first-order valence-electron chi connectivity index (χ1n) is 5.61. The van der Waals surface area contributed by atoms with Gasteiger partial charge in [-0.25, -0.2) is 0 Å². The summed E-state index contributed by atoms with van der Waals surface area (Å²) in [6, 6.07) is 12.4. The highest BCUT2D eigenvalue weighted by atomic mass is 35.5. The average Bonchev–Trinajstić information content (AvgIpc) is 2.36. The highest BCUT2D eigenvalue weighted by Crippen LogP contribution is 2.34. The van der Waals surface area contributed by atoms with E-state index in [4.69, 9.17) is 11.6 Å². The van der Waals surface area contributed by atoms with Crippen LogP contribution in [0.1, 0.15) is 11.1 Å². The fraction of sp³-hybridized carbons (Fsp3) is 0.143. The molecule has 5 heteroatoms. The molecule has 1 N–H and O–H groups in total. The lowest BCUT2D eigenvalue weighted by Crippen LogP contribution is -2.10. The summed E-state index contributed by atoms with van der Waals surface area (Å²) in [5, 5.41) is 3.34. The van der Waals surface area contributed by atoms with Gasteiger partial charge in [0, 0.05) is 17.3 Å². The van der Waals surface area contributed by atoms with Gasteiger partial charge < -0.3 is 5.32 Å². The zero-order valence-corrected chi connectivity index (χ0v) is 10.6. The molecule has 100 valence electrons. The molecule has 0 radical (unpaired) electrons. The van der Waals surface area contributed by atoms with Gasteiger partial charge in [0.2, 0.25) is 0 Å². The minimum Gasteiger partial charge on any atom is -0.380 e. The molecule has 0 aliphatic carbocycles. The van der Waals surface area contributed by atoms with Gasteiger partial charge in [0.05, 0.1) is 5.56 Å². The molecule has 0 aliphatic rings. The molecule has 1 nitrogen and oxygen atoms in total. The quantitative estimate of drug-likeness (QED) is 0.839. The normalized spacial score (nSPS) is 11.4. The maximum Gasteiger partial charge on any atom is 0.418 e. The second kappa shape index (κ2) is 5.53. The first-order valence-corrected chi connectivity index (χ1v) is 5.99. The number of rotatable bonds is 3. The minimum atomic E-state index is -4.36. The van der Waals surface area contributed by atoms with E-state index in [0.29, 0.717) is 5.02 Å². The molecule has 2 aromatic rings. The van der Waals surface area contributed by atoms with E-state index in [9.17, 15) is 13.2 Å². The number of nitrogens with one attached hydrogen (secondary N) is 1. The summed E-state index contributed by atoms with van der Waals surface area (Å²) < 4.78 is 38.3. The SMILES string of the molecule is FC(F)(F)c1ccccc1NCc1cccc(Cl)c1. The number of anilines is 1. The summed E-state index contributed by atoms with van der Waals surface area (Å²) in [6.45, 7) is 0.285. The van der Waals surface area contributed by atoms with Crippen LogP contribution in [0.25, 0.3) is 0 Å². The van der Waals surface area contributed by atoms with Gasteiger partial charge in [-0.1, -0.05) is 35.9 Å². The van der Waals surface area contributed by atoms with Crippen LogP contribution in [0.5, 0.6) is 0 Å². The average molecular weight is 286 g/mol.